The number of H-pyrrole nitrogens is 1. The molecule has 1 aliphatic heterocycles. The third-order valence-corrected chi connectivity index (χ3v) is 5.63. The molecule has 0 spiro atoms. The van der Waals surface area contributed by atoms with Gasteiger partial charge in [0, 0.05) is 13.1 Å². The van der Waals surface area contributed by atoms with Crippen molar-refractivity contribution in [2.75, 3.05) is 24.5 Å². The first-order chi connectivity index (χ1) is 15.3. The number of carbonyl (C=O) groups is 1. The number of nitrogens with one attached hydrogen (secondary N) is 2. The van der Waals surface area contributed by atoms with Crippen LogP contribution < -0.4 is 26.6 Å². The van der Waals surface area contributed by atoms with Crippen LogP contribution in [0.1, 0.15) is 27.0 Å². The van der Waals surface area contributed by atoms with E-state index in [9.17, 15) is 14.7 Å². The van der Waals surface area contributed by atoms with Gasteiger partial charge in [0.15, 0.2) is 11.2 Å². The van der Waals surface area contributed by atoms with Crippen molar-refractivity contribution >= 4 is 29.7 Å². The fourth-order valence-electron chi connectivity index (χ4n) is 3.83. The van der Waals surface area contributed by atoms with Gasteiger partial charge in [-0.3, -0.25) is 4.79 Å². The Morgan fingerprint density at radius 3 is 2.72 bits per heavy atom. The minimum atomic E-state index is -0.920. The van der Waals surface area contributed by atoms with E-state index in [4.69, 9.17) is 0 Å². The second kappa shape index (κ2) is 8.76. The van der Waals surface area contributed by atoms with Crippen molar-refractivity contribution in [3.05, 3.63) is 79.8 Å². The lowest BCUT2D eigenvalue weighted by atomic mass is 10.0. The van der Waals surface area contributed by atoms with Crippen molar-refractivity contribution in [3.8, 4) is 0 Å². The van der Waals surface area contributed by atoms with Gasteiger partial charge in [-0.2, -0.15) is 0 Å². The van der Waals surface area contributed by atoms with Crippen LogP contribution in [0.3, 0.4) is 0 Å². The number of benzene rings is 2. The number of anilines is 2. The SMILES string of the molecule is C=c1nc2c(c(=O)[nH]1)=Nc1cc(C)c(C)cc1N2CCNCCc1ccccc1C(=O)O. The van der Waals surface area contributed by atoms with Crippen LogP contribution >= 0.6 is 0 Å². The summed E-state index contributed by atoms with van der Waals surface area (Å²) in [5, 5.41) is 13.0. The summed E-state index contributed by atoms with van der Waals surface area (Å²) in [4.78, 5) is 37.5. The van der Waals surface area contributed by atoms with E-state index in [-0.39, 0.29) is 10.9 Å². The summed E-state index contributed by atoms with van der Waals surface area (Å²) in [5.41, 5.74) is 4.96. The molecule has 2 aromatic carbocycles. The highest BCUT2D eigenvalue weighted by atomic mass is 16.4. The molecule has 8 heteroatoms. The molecule has 0 amide bonds. The molecule has 4 rings (SSSR count). The average molecular weight is 431 g/mol. The predicted octanol–water partition coefficient (Wildman–Crippen LogP) is 1.73. The maximum atomic E-state index is 12.5. The normalized spacial score (nSPS) is 12.1. The van der Waals surface area contributed by atoms with E-state index in [1.807, 2.05) is 36.9 Å². The Morgan fingerprint density at radius 1 is 1.19 bits per heavy atom. The fraction of sp³-hybridized carbons (Fsp3) is 0.250. The van der Waals surface area contributed by atoms with Crippen molar-refractivity contribution < 1.29 is 9.90 Å². The van der Waals surface area contributed by atoms with Crippen LogP contribution in [0.4, 0.5) is 17.2 Å². The van der Waals surface area contributed by atoms with E-state index in [0.29, 0.717) is 42.9 Å². The van der Waals surface area contributed by atoms with Crippen molar-refractivity contribution in [1.29, 1.82) is 0 Å². The van der Waals surface area contributed by atoms with E-state index >= 15 is 0 Å². The number of hydrogen-bond donors (Lipinski definition) is 3. The molecule has 2 heterocycles. The average Bonchev–Trinajstić information content (AvgIpc) is 2.75. The zero-order valence-electron chi connectivity index (χ0n) is 18.1. The molecule has 0 unspecified atom stereocenters. The molecule has 0 radical (unpaired) electrons. The van der Waals surface area contributed by atoms with Crippen LogP contribution in [-0.4, -0.2) is 40.7 Å². The number of carboxylic acid groups (broad SMARTS) is 1. The maximum Gasteiger partial charge on any atom is 0.335 e. The molecular weight excluding hydrogens is 406 g/mol. The van der Waals surface area contributed by atoms with Gasteiger partial charge < -0.3 is 20.3 Å². The summed E-state index contributed by atoms with van der Waals surface area (Å²) in [7, 11) is 0. The first kappa shape index (κ1) is 21.5. The number of aryl methyl sites for hydroxylation is 2. The number of carboxylic acids is 1. The Labute approximate surface area is 185 Å². The van der Waals surface area contributed by atoms with Gasteiger partial charge >= 0.3 is 5.97 Å². The zero-order chi connectivity index (χ0) is 22.8. The first-order valence-electron chi connectivity index (χ1n) is 10.4. The van der Waals surface area contributed by atoms with Gasteiger partial charge in [-0.1, -0.05) is 24.8 Å². The summed E-state index contributed by atoms with van der Waals surface area (Å²) >= 11 is 0. The maximum absolute atomic E-state index is 12.5. The summed E-state index contributed by atoms with van der Waals surface area (Å²) in [5.74, 6) is -0.427. The summed E-state index contributed by atoms with van der Waals surface area (Å²) < 4.78 is 0. The standard InChI is InChI=1S/C24H25N5O3/c1-14-12-19-20(13-15(14)2)29(22-21(28-19)23(30)27-16(3)26-22)11-10-25-9-8-17-6-4-5-7-18(17)24(31)32/h4-7,12-13,25H,3,8-11H2,1-2H3,(H,27,30)(H,31,32). The monoisotopic (exact) mass is 431 g/mol. The van der Waals surface area contributed by atoms with E-state index in [0.717, 1.165) is 28.1 Å². The van der Waals surface area contributed by atoms with Crippen molar-refractivity contribution in [2.45, 2.75) is 20.3 Å². The number of aromatic amines is 1. The van der Waals surface area contributed by atoms with Crippen LogP contribution in [0, 0.1) is 13.8 Å². The lowest BCUT2D eigenvalue weighted by Gasteiger charge is -2.28. The first-order valence-corrected chi connectivity index (χ1v) is 10.4. The van der Waals surface area contributed by atoms with Crippen LogP contribution in [0.25, 0.3) is 6.58 Å². The molecule has 0 saturated heterocycles. The molecule has 3 aromatic rings. The van der Waals surface area contributed by atoms with Gasteiger partial charge in [-0.15, -0.1) is 0 Å². The molecule has 0 fully saturated rings. The molecule has 0 bridgehead atoms. The predicted molar refractivity (Wildman–Crippen MR) is 124 cm³/mol. The second-order valence-corrected chi connectivity index (χ2v) is 7.84. The van der Waals surface area contributed by atoms with Crippen LogP contribution in [0.5, 0.6) is 0 Å². The molecule has 3 N–H and O–H groups in total. The Hall–Kier alpha value is -3.78. The minimum Gasteiger partial charge on any atom is -0.478 e. The van der Waals surface area contributed by atoms with Crippen LogP contribution in [-0.2, 0) is 6.42 Å². The number of aromatic nitrogens is 2. The quantitative estimate of drug-likeness (QED) is 0.492. The minimum absolute atomic E-state index is 0.281. The van der Waals surface area contributed by atoms with Crippen molar-refractivity contribution in [2.24, 2.45) is 4.99 Å². The van der Waals surface area contributed by atoms with Gasteiger partial charge in [0.2, 0.25) is 0 Å². The molecule has 1 aliphatic rings. The van der Waals surface area contributed by atoms with Gasteiger partial charge in [0.05, 0.1) is 16.9 Å². The van der Waals surface area contributed by atoms with E-state index in [2.05, 4.69) is 32.9 Å². The number of aromatic carboxylic acids is 1. The number of nitrogens with zero attached hydrogens (tertiary/aromatic N) is 3. The molecular formula is C24H25N5O3. The molecule has 0 saturated carbocycles. The number of hydrogen-bond acceptors (Lipinski definition) is 6. The zero-order valence-corrected chi connectivity index (χ0v) is 18.1. The molecule has 0 aliphatic carbocycles. The van der Waals surface area contributed by atoms with E-state index in [1.54, 1.807) is 12.1 Å². The van der Waals surface area contributed by atoms with Crippen molar-refractivity contribution in [1.82, 2.24) is 15.3 Å². The largest absolute Gasteiger partial charge is 0.478 e. The number of fused-ring (bicyclic) bond motifs is 2. The fourth-order valence-corrected chi connectivity index (χ4v) is 3.83. The molecule has 8 nitrogen and oxygen atoms in total. The third-order valence-electron chi connectivity index (χ3n) is 5.63. The highest BCUT2D eigenvalue weighted by Crippen LogP contribution is 2.36. The van der Waals surface area contributed by atoms with E-state index < -0.39 is 5.97 Å². The van der Waals surface area contributed by atoms with E-state index in [1.165, 1.54) is 0 Å². The van der Waals surface area contributed by atoms with Crippen LogP contribution in [0.15, 0.2) is 46.2 Å². The lowest BCUT2D eigenvalue weighted by molar-refractivity contribution is 0.0695. The Balaban J connectivity index is 1.54. The number of rotatable bonds is 7. The van der Waals surface area contributed by atoms with Crippen LogP contribution in [0.2, 0.25) is 0 Å². The van der Waals surface area contributed by atoms with Gasteiger partial charge in [0.1, 0.15) is 5.48 Å². The van der Waals surface area contributed by atoms with Gasteiger partial charge in [-0.25, -0.2) is 14.8 Å². The Bertz CT molecular complexity index is 1360. The summed E-state index contributed by atoms with van der Waals surface area (Å²) in [6.07, 6.45) is 0.601. The lowest BCUT2D eigenvalue weighted by Crippen LogP contribution is -2.44. The highest BCUT2D eigenvalue weighted by Gasteiger charge is 2.23. The Kier molecular flexibility index (Phi) is 5.87. The second-order valence-electron chi connectivity index (χ2n) is 7.84. The summed E-state index contributed by atoms with van der Waals surface area (Å²) in [6.45, 7) is 9.64. The van der Waals surface area contributed by atoms with Gasteiger partial charge in [-0.05, 0) is 61.7 Å². The molecule has 164 valence electrons. The van der Waals surface area contributed by atoms with Gasteiger partial charge in [0.25, 0.3) is 5.56 Å². The smallest absolute Gasteiger partial charge is 0.335 e. The molecule has 32 heavy (non-hydrogen) atoms. The molecule has 0 atom stereocenters. The molecule has 1 aromatic heterocycles. The Morgan fingerprint density at radius 2 is 1.94 bits per heavy atom. The topological polar surface area (TPSA) is 111 Å². The van der Waals surface area contributed by atoms with Crippen molar-refractivity contribution in [3.63, 3.8) is 0 Å². The summed E-state index contributed by atoms with van der Waals surface area (Å²) in [6, 6.07) is 11.1. The highest BCUT2D eigenvalue weighted by molar-refractivity contribution is 5.89. The third kappa shape index (κ3) is 4.17.